The summed E-state index contributed by atoms with van der Waals surface area (Å²) in [5.41, 5.74) is 0.391. The van der Waals surface area contributed by atoms with Crippen LogP contribution in [0.1, 0.15) is 30.9 Å². The summed E-state index contributed by atoms with van der Waals surface area (Å²) in [5.74, 6) is 0.681. The average molecular weight is 447 g/mol. The normalized spacial score (nSPS) is 15.8. The Bertz CT molecular complexity index is 871. The molecule has 2 aromatic rings. The van der Waals surface area contributed by atoms with Crippen molar-refractivity contribution in [3.8, 4) is 17.2 Å². The third kappa shape index (κ3) is 6.58. The standard InChI is InChI=1S/C24H31FN2O5/c1-30-18-6-8-19(9-7-18)32-14-11-23(28)26-21(16-27-12-3-4-13-27)24(29)17-5-10-22(31-2)20(25)15-17/h5-10,15,21,24,29H,3-4,11-14,16H2,1-2H3,(H,26,28)/t21-,24-/m1/s1. The summed E-state index contributed by atoms with van der Waals surface area (Å²) in [5, 5.41) is 13.8. The van der Waals surface area contributed by atoms with Gasteiger partial charge in [-0.3, -0.25) is 4.79 Å². The number of amides is 1. The van der Waals surface area contributed by atoms with E-state index in [9.17, 15) is 14.3 Å². The van der Waals surface area contributed by atoms with Crippen molar-refractivity contribution in [2.24, 2.45) is 0 Å². The fourth-order valence-electron chi connectivity index (χ4n) is 3.78. The smallest absolute Gasteiger partial charge is 0.223 e. The molecular formula is C24H31FN2O5. The van der Waals surface area contributed by atoms with Gasteiger partial charge in [0.15, 0.2) is 11.6 Å². The van der Waals surface area contributed by atoms with Crippen molar-refractivity contribution >= 4 is 5.91 Å². The van der Waals surface area contributed by atoms with Crippen molar-refractivity contribution in [3.63, 3.8) is 0 Å². The molecule has 1 aliphatic heterocycles. The number of hydrogen-bond donors (Lipinski definition) is 2. The van der Waals surface area contributed by atoms with Crippen LogP contribution in [0.3, 0.4) is 0 Å². The van der Waals surface area contributed by atoms with E-state index in [1.807, 2.05) is 0 Å². The lowest BCUT2D eigenvalue weighted by atomic mass is 10.0. The molecule has 1 amide bonds. The lowest BCUT2D eigenvalue weighted by Gasteiger charge is -2.29. The topological polar surface area (TPSA) is 80.3 Å². The molecule has 2 N–H and O–H groups in total. The molecule has 0 saturated carbocycles. The van der Waals surface area contributed by atoms with E-state index in [1.54, 1.807) is 37.4 Å². The molecule has 174 valence electrons. The highest BCUT2D eigenvalue weighted by Gasteiger charge is 2.27. The monoisotopic (exact) mass is 446 g/mol. The molecule has 0 spiro atoms. The van der Waals surface area contributed by atoms with Crippen LogP contribution in [-0.2, 0) is 4.79 Å². The van der Waals surface area contributed by atoms with E-state index in [-0.39, 0.29) is 24.7 Å². The first-order valence-corrected chi connectivity index (χ1v) is 10.8. The largest absolute Gasteiger partial charge is 0.497 e. The number of methoxy groups -OCH3 is 2. The van der Waals surface area contributed by atoms with Crippen molar-refractivity contribution in [1.29, 1.82) is 0 Å². The molecule has 0 unspecified atom stereocenters. The van der Waals surface area contributed by atoms with Crippen molar-refractivity contribution in [1.82, 2.24) is 10.2 Å². The van der Waals surface area contributed by atoms with Crippen LogP contribution in [0.2, 0.25) is 0 Å². The van der Waals surface area contributed by atoms with Crippen LogP contribution in [-0.4, -0.2) is 62.4 Å². The number of aliphatic hydroxyl groups excluding tert-OH is 1. The molecule has 2 atom stereocenters. The molecule has 2 aromatic carbocycles. The molecule has 3 rings (SSSR count). The second-order valence-corrected chi connectivity index (χ2v) is 7.79. The number of benzene rings is 2. The van der Waals surface area contributed by atoms with Gasteiger partial charge in [-0.15, -0.1) is 0 Å². The Morgan fingerprint density at radius 2 is 1.78 bits per heavy atom. The zero-order valence-electron chi connectivity index (χ0n) is 18.6. The lowest BCUT2D eigenvalue weighted by molar-refractivity contribution is -0.123. The molecule has 0 radical (unpaired) electrons. The van der Waals surface area contributed by atoms with E-state index >= 15 is 0 Å². The predicted octanol–water partition coefficient (Wildman–Crippen LogP) is 2.93. The van der Waals surface area contributed by atoms with Gasteiger partial charge in [0.1, 0.15) is 17.6 Å². The first-order valence-electron chi connectivity index (χ1n) is 10.8. The number of rotatable bonds is 11. The van der Waals surface area contributed by atoms with Gasteiger partial charge in [0.05, 0.1) is 33.3 Å². The molecule has 1 aliphatic rings. The first kappa shape index (κ1) is 23.8. The predicted molar refractivity (Wildman–Crippen MR) is 119 cm³/mol. The van der Waals surface area contributed by atoms with E-state index < -0.39 is 18.0 Å². The Hall–Kier alpha value is -2.84. The molecule has 0 aromatic heterocycles. The zero-order valence-corrected chi connectivity index (χ0v) is 18.6. The number of hydrogen-bond acceptors (Lipinski definition) is 6. The number of likely N-dealkylation sites (tertiary alicyclic amines) is 1. The summed E-state index contributed by atoms with van der Waals surface area (Å²) >= 11 is 0. The fourth-order valence-corrected chi connectivity index (χ4v) is 3.78. The second-order valence-electron chi connectivity index (χ2n) is 7.79. The van der Waals surface area contributed by atoms with Gasteiger partial charge in [-0.05, 0) is 67.9 Å². The summed E-state index contributed by atoms with van der Waals surface area (Å²) in [4.78, 5) is 14.8. The maximum Gasteiger partial charge on any atom is 0.223 e. The Labute approximate surface area is 188 Å². The minimum atomic E-state index is -1.05. The van der Waals surface area contributed by atoms with Crippen molar-refractivity contribution < 1.29 is 28.5 Å². The van der Waals surface area contributed by atoms with Gasteiger partial charge in [0.25, 0.3) is 0 Å². The van der Waals surface area contributed by atoms with Crippen LogP contribution in [0.5, 0.6) is 17.2 Å². The molecule has 8 heteroatoms. The number of nitrogens with one attached hydrogen (secondary N) is 1. The lowest BCUT2D eigenvalue weighted by Crippen LogP contribution is -2.47. The van der Waals surface area contributed by atoms with E-state index in [0.29, 0.717) is 17.9 Å². The summed E-state index contributed by atoms with van der Waals surface area (Å²) in [6.45, 7) is 2.51. The molecular weight excluding hydrogens is 415 g/mol. The fraction of sp³-hybridized carbons (Fsp3) is 0.458. The van der Waals surface area contributed by atoms with Crippen LogP contribution in [0, 0.1) is 5.82 Å². The quantitative estimate of drug-likeness (QED) is 0.553. The Balaban J connectivity index is 1.59. The van der Waals surface area contributed by atoms with E-state index in [1.165, 1.54) is 19.2 Å². The minimum absolute atomic E-state index is 0.108. The Morgan fingerprint density at radius 1 is 1.09 bits per heavy atom. The van der Waals surface area contributed by atoms with Crippen LogP contribution >= 0.6 is 0 Å². The number of aliphatic hydroxyl groups is 1. The summed E-state index contributed by atoms with van der Waals surface area (Å²) in [7, 11) is 2.98. The summed E-state index contributed by atoms with van der Waals surface area (Å²) in [6.07, 6.45) is 1.25. The van der Waals surface area contributed by atoms with Gasteiger partial charge in [0, 0.05) is 6.54 Å². The van der Waals surface area contributed by atoms with Gasteiger partial charge in [0.2, 0.25) is 5.91 Å². The van der Waals surface area contributed by atoms with Crippen molar-refractivity contribution in [2.75, 3.05) is 40.5 Å². The van der Waals surface area contributed by atoms with Gasteiger partial charge in [-0.1, -0.05) is 6.07 Å². The minimum Gasteiger partial charge on any atom is -0.497 e. The second kappa shape index (κ2) is 11.7. The highest BCUT2D eigenvalue weighted by molar-refractivity contribution is 5.76. The van der Waals surface area contributed by atoms with E-state index in [0.717, 1.165) is 31.7 Å². The number of halogens is 1. The number of ether oxygens (including phenoxy) is 3. The van der Waals surface area contributed by atoms with E-state index in [2.05, 4.69) is 10.2 Å². The van der Waals surface area contributed by atoms with Gasteiger partial charge in [-0.2, -0.15) is 0 Å². The van der Waals surface area contributed by atoms with Crippen LogP contribution < -0.4 is 19.5 Å². The molecule has 0 aliphatic carbocycles. The molecule has 0 bridgehead atoms. The number of nitrogens with zero attached hydrogens (tertiary/aromatic N) is 1. The summed E-state index contributed by atoms with van der Waals surface area (Å²) < 4.78 is 29.8. The van der Waals surface area contributed by atoms with Crippen molar-refractivity contribution in [2.45, 2.75) is 31.4 Å². The van der Waals surface area contributed by atoms with Crippen LogP contribution in [0.15, 0.2) is 42.5 Å². The van der Waals surface area contributed by atoms with Gasteiger partial charge in [-0.25, -0.2) is 4.39 Å². The molecule has 1 fully saturated rings. The maximum absolute atomic E-state index is 14.2. The third-order valence-corrected chi connectivity index (χ3v) is 5.56. The van der Waals surface area contributed by atoms with E-state index in [4.69, 9.17) is 14.2 Å². The van der Waals surface area contributed by atoms with Gasteiger partial charge >= 0.3 is 0 Å². The number of carbonyl (C=O) groups is 1. The summed E-state index contributed by atoms with van der Waals surface area (Å²) in [6, 6.07) is 10.9. The zero-order chi connectivity index (χ0) is 22.9. The van der Waals surface area contributed by atoms with Gasteiger partial charge < -0.3 is 29.5 Å². The van der Waals surface area contributed by atoms with Crippen LogP contribution in [0.25, 0.3) is 0 Å². The highest BCUT2D eigenvalue weighted by atomic mass is 19.1. The average Bonchev–Trinajstić information content (AvgIpc) is 3.31. The third-order valence-electron chi connectivity index (χ3n) is 5.56. The van der Waals surface area contributed by atoms with Crippen molar-refractivity contribution in [3.05, 3.63) is 53.8 Å². The Morgan fingerprint density at radius 3 is 2.41 bits per heavy atom. The Kier molecular flexibility index (Phi) is 8.70. The molecule has 1 heterocycles. The highest BCUT2D eigenvalue weighted by Crippen LogP contribution is 2.25. The van der Waals surface area contributed by atoms with Crippen LogP contribution in [0.4, 0.5) is 4.39 Å². The SMILES string of the molecule is COc1ccc(OCCC(=O)N[C@H](CN2CCCC2)[C@H](O)c2ccc(OC)c(F)c2)cc1. The molecule has 7 nitrogen and oxygen atoms in total. The number of carbonyl (C=O) groups excluding carboxylic acids is 1. The molecule has 1 saturated heterocycles. The molecule has 32 heavy (non-hydrogen) atoms. The first-order chi connectivity index (χ1) is 15.5. The maximum atomic E-state index is 14.2.